The fourth-order valence-corrected chi connectivity index (χ4v) is 4.94. The summed E-state index contributed by atoms with van der Waals surface area (Å²) in [7, 11) is 1.67. The van der Waals surface area contributed by atoms with Crippen molar-refractivity contribution < 1.29 is 9.53 Å². The van der Waals surface area contributed by atoms with Gasteiger partial charge < -0.3 is 14.5 Å². The molecule has 0 bridgehead atoms. The first-order chi connectivity index (χ1) is 15.2. The van der Waals surface area contributed by atoms with E-state index in [1.54, 1.807) is 12.0 Å². The van der Waals surface area contributed by atoms with Crippen molar-refractivity contribution in [2.45, 2.75) is 6.92 Å². The van der Waals surface area contributed by atoms with Gasteiger partial charge in [-0.15, -0.1) is 11.3 Å². The van der Waals surface area contributed by atoms with E-state index in [1.165, 1.54) is 11.3 Å². The third-order valence-electron chi connectivity index (χ3n) is 5.42. The first-order valence-corrected chi connectivity index (χ1v) is 10.9. The van der Waals surface area contributed by atoms with Gasteiger partial charge in [-0.1, -0.05) is 30.3 Å². The van der Waals surface area contributed by atoms with Crippen molar-refractivity contribution in [1.29, 1.82) is 0 Å². The zero-order chi connectivity index (χ0) is 21.4. The molecular weight excluding hydrogens is 408 g/mol. The molecular formula is C24H22N4O2S. The molecule has 156 valence electrons. The molecule has 1 aliphatic rings. The van der Waals surface area contributed by atoms with Gasteiger partial charge >= 0.3 is 0 Å². The molecule has 3 heterocycles. The van der Waals surface area contributed by atoms with Gasteiger partial charge in [0.25, 0.3) is 5.91 Å². The topological polar surface area (TPSA) is 50.6 Å². The summed E-state index contributed by atoms with van der Waals surface area (Å²) >= 11 is 1.49. The highest BCUT2D eigenvalue weighted by molar-refractivity contribution is 7.20. The Morgan fingerprint density at radius 2 is 1.81 bits per heavy atom. The number of hydrogen-bond acceptors (Lipinski definition) is 5. The van der Waals surface area contributed by atoms with Gasteiger partial charge in [0.2, 0.25) is 0 Å². The Bertz CT molecular complexity index is 1280. The lowest BCUT2D eigenvalue weighted by Crippen LogP contribution is -2.38. The number of aryl methyl sites for hydroxylation is 1. The van der Waals surface area contributed by atoms with Gasteiger partial charge in [0.15, 0.2) is 0 Å². The summed E-state index contributed by atoms with van der Waals surface area (Å²) < 4.78 is 7.38. The Kier molecular flexibility index (Phi) is 4.95. The normalized spacial score (nSPS) is 13.7. The smallest absolute Gasteiger partial charge is 0.268 e. The highest BCUT2D eigenvalue weighted by atomic mass is 32.1. The Balaban J connectivity index is 1.41. The summed E-state index contributed by atoms with van der Waals surface area (Å²) in [4.78, 5) is 18.8. The van der Waals surface area contributed by atoms with Crippen molar-refractivity contribution in [2.75, 3.05) is 25.1 Å². The maximum absolute atomic E-state index is 13.2. The van der Waals surface area contributed by atoms with Crippen LogP contribution in [0.1, 0.15) is 15.4 Å². The van der Waals surface area contributed by atoms with Crippen LogP contribution in [0, 0.1) is 6.92 Å². The summed E-state index contributed by atoms with van der Waals surface area (Å²) in [6.07, 6.45) is 3.78. The van der Waals surface area contributed by atoms with Crippen molar-refractivity contribution in [1.82, 2.24) is 14.7 Å². The van der Waals surface area contributed by atoms with Crippen molar-refractivity contribution in [3.05, 3.63) is 83.6 Å². The molecule has 2 aromatic carbocycles. The first kappa shape index (κ1) is 19.4. The van der Waals surface area contributed by atoms with Crippen LogP contribution in [0.15, 0.2) is 73.1 Å². The van der Waals surface area contributed by atoms with E-state index in [4.69, 9.17) is 4.74 Å². The summed E-state index contributed by atoms with van der Waals surface area (Å²) in [6.45, 7) is 3.28. The Morgan fingerprint density at radius 3 is 2.55 bits per heavy atom. The molecule has 0 spiro atoms. The number of fused-ring (bicyclic) bond motifs is 1. The van der Waals surface area contributed by atoms with Crippen molar-refractivity contribution in [3.8, 4) is 11.4 Å². The molecule has 31 heavy (non-hydrogen) atoms. The molecule has 2 aromatic heterocycles. The SMILES string of the molecule is COc1ccccc1N1C=CN(C(=O)c2cc3c(C)nn(-c4ccccc4)c3s2)CC1. The number of carbonyl (C=O) groups is 1. The first-order valence-electron chi connectivity index (χ1n) is 10.1. The average Bonchev–Trinajstić information content (AvgIpc) is 3.40. The van der Waals surface area contributed by atoms with Crippen LogP contribution < -0.4 is 9.64 Å². The second kappa shape index (κ2) is 7.92. The number of hydrogen-bond donors (Lipinski definition) is 0. The number of benzene rings is 2. The summed E-state index contributed by atoms with van der Waals surface area (Å²) in [5.74, 6) is 0.827. The van der Waals surface area contributed by atoms with Gasteiger partial charge in [-0.3, -0.25) is 4.79 Å². The van der Waals surface area contributed by atoms with Gasteiger partial charge in [-0.2, -0.15) is 5.10 Å². The zero-order valence-electron chi connectivity index (χ0n) is 17.4. The molecule has 0 atom stereocenters. The molecule has 5 rings (SSSR count). The predicted molar refractivity (Wildman–Crippen MR) is 124 cm³/mol. The Labute approximate surface area is 184 Å². The van der Waals surface area contributed by atoms with E-state index >= 15 is 0 Å². The molecule has 0 saturated heterocycles. The highest BCUT2D eigenvalue weighted by Gasteiger charge is 2.23. The van der Waals surface area contributed by atoms with Crippen molar-refractivity contribution in [2.24, 2.45) is 0 Å². The number of methoxy groups -OCH3 is 1. The van der Waals surface area contributed by atoms with Crippen LogP contribution in [-0.4, -0.2) is 40.8 Å². The van der Waals surface area contributed by atoms with Crippen LogP contribution in [0.25, 0.3) is 15.9 Å². The third-order valence-corrected chi connectivity index (χ3v) is 6.52. The second-order valence-electron chi connectivity index (χ2n) is 7.32. The number of ether oxygens (including phenoxy) is 1. The molecule has 7 heteroatoms. The van der Waals surface area contributed by atoms with Gasteiger partial charge in [-0.25, -0.2) is 4.68 Å². The largest absolute Gasteiger partial charge is 0.495 e. The number of para-hydroxylation sites is 3. The number of nitrogens with zero attached hydrogens (tertiary/aromatic N) is 4. The third kappa shape index (κ3) is 3.47. The second-order valence-corrected chi connectivity index (χ2v) is 8.35. The lowest BCUT2D eigenvalue weighted by molar-refractivity contribution is 0.0825. The minimum Gasteiger partial charge on any atom is -0.495 e. The average molecular weight is 431 g/mol. The molecule has 1 amide bonds. The van der Waals surface area contributed by atoms with E-state index in [0.29, 0.717) is 13.1 Å². The quantitative estimate of drug-likeness (QED) is 0.465. The maximum Gasteiger partial charge on any atom is 0.268 e. The number of thiophene rings is 1. The molecule has 0 aliphatic carbocycles. The van der Waals surface area contributed by atoms with E-state index in [-0.39, 0.29) is 5.91 Å². The number of rotatable bonds is 4. The number of carbonyl (C=O) groups excluding carboxylic acids is 1. The van der Waals surface area contributed by atoms with Crippen molar-refractivity contribution in [3.63, 3.8) is 0 Å². The van der Waals surface area contributed by atoms with Crippen LogP contribution in [0.2, 0.25) is 0 Å². The molecule has 0 N–H and O–H groups in total. The molecule has 0 saturated carbocycles. The molecule has 4 aromatic rings. The highest BCUT2D eigenvalue weighted by Crippen LogP contribution is 2.32. The van der Waals surface area contributed by atoms with Crippen molar-refractivity contribution >= 4 is 33.1 Å². The minimum atomic E-state index is 0.0103. The number of anilines is 1. The Morgan fingerprint density at radius 1 is 1.03 bits per heavy atom. The van der Waals surface area contributed by atoms with Gasteiger partial charge in [-0.05, 0) is 37.3 Å². The number of amides is 1. The molecule has 0 fully saturated rings. The molecule has 0 radical (unpaired) electrons. The van der Waals surface area contributed by atoms with E-state index in [2.05, 4.69) is 10.00 Å². The Hall–Kier alpha value is -3.58. The molecule has 6 nitrogen and oxygen atoms in total. The summed E-state index contributed by atoms with van der Waals surface area (Å²) in [5, 5.41) is 5.68. The van der Waals surface area contributed by atoms with E-state index < -0.39 is 0 Å². The van der Waals surface area contributed by atoms with Gasteiger partial charge in [0.1, 0.15) is 10.6 Å². The summed E-state index contributed by atoms with van der Waals surface area (Å²) in [6, 6.07) is 19.9. The van der Waals surface area contributed by atoms with Crippen LogP contribution >= 0.6 is 11.3 Å². The lowest BCUT2D eigenvalue weighted by Gasteiger charge is -2.30. The van der Waals surface area contributed by atoms with E-state index in [0.717, 1.165) is 37.9 Å². The molecule has 0 unspecified atom stereocenters. The fraction of sp³-hybridized carbons (Fsp3) is 0.167. The predicted octanol–water partition coefficient (Wildman–Crippen LogP) is 4.84. The standard InChI is InChI=1S/C24H22N4O2S/c1-17-19-16-22(31-24(19)28(25-17)18-8-4-3-5-9-18)23(29)27-14-12-26(13-15-27)20-10-6-7-11-21(20)30-2/h3-12,14,16H,13,15H2,1-2H3. The van der Waals surface area contributed by atoms with Gasteiger partial charge in [0, 0.05) is 30.9 Å². The number of aromatic nitrogens is 2. The van der Waals surface area contributed by atoms with Crippen LogP contribution in [-0.2, 0) is 0 Å². The zero-order valence-corrected chi connectivity index (χ0v) is 18.2. The van der Waals surface area contributed by atoms with Crippen LogP contribution in [0.4, 0.5) is 5.69 Å². The fourth-order valence-electron chi connectivity index (χ4n) is 3.80. The van der Waals surface area contributed by atoms with Crippen LogP contribution in [0.5, 0.6) is 5.75 Å². The maximum atomic E-state index is 13.2. The minimum absolute atomic E-state index is 0.0103. The van der Waals surface area contributed by atoms with Gasteiger partial charge in [0.05, 0.1) is 29.1 Å². The van der Waals surface area contributed by atoms with E-state index in [9.17, 15) is 4.79 Å². The van der Waals surface area contributed by atoms with E-state index in [1.807, 2.05) is 84.7 Å². The lowest BCUT2D eigenvalue weighted by atomic mass is 10.2. The molecule has 1 aliphatic heterocycles. The van der Waals surface area contributed by atoms with Crippen LogP contribution in [0.3, 0.4) is 0 Å². The summed E-state index contributed by atoms with van der Waals surface area (Å²) in [5.41, 5.74) is 2.91. The monoisotopic (exact) mass is 430 g/mol.